The van der Waals surface area contributed by atoms with E-state index in [-0.39, 0.29) is 17.5 Å². The minimum Gasteiger partial charge on any atom is -0.464 e. The normalized spacial score (nSPS) is 37.8. The SMILES string of the molecule is CCC(C)C(=O)OCCNCOOC1(C)CCC23CCCC2C(C)(C)C1C3. The maximum Gasteiger partial charge on any atom is 0.308 e. The Morgan fingerprint density at radius 2 is 1.96 bits per heavy atom. The van der Waals surface area contributed by atoms with Crippen LogP contribution in [0.4, 0.5) is 0 Å². The number of nitrogens with one attached hydrogen (secondary N) is 1. The monoisotopic (exact) mass is 381 g/mol. The Kier molecular flexibility index (Phi) is 6.24. The smallest absolute Gasteiger partial charge is 0.308 e. The zero-order chi connectivity index (χ0) is 19.7. The molecule has 156 valence electrons. The number of hydrogen-bond acceptors (Lipinski definition) is 5. The summed E-state index contributed by atoms with van der Waals surface area (Å²) in [6.45, 7) is 12.3. The zero-order valence-electron chi connectivity index (χ0n) is 17.9. The van der Waals surface area contributed by atoms with Gasteiger partial charge >= 0.3 is 5.97 Å². The number of rotatable bonds is 9. The number of carbonyl (C=O) groups is 1. The van der Waals surface area contributed by atoms with Gasteiger partial charge in [-0.2, -0.15) is 0 Å². The molecule has 3 fully saturated rings. The summed E-state index contributed by atoms with van der Waals surface area (Å²) >= 11 is 0. The molecule has 27 heavy (non-hydrogen) atoms. The van der Waals surface area contributed by atoms with Crippen LogP contribution in [-0.4, -0.2) is 31.5 Å². The molecule has 5 heteroatoms. The number of carbonyl (C=O) groups excluding carboxylic acids is 1. The van der Waals surface area contributed by atoms with Crippen molar-refractivity contribution in [1.29, 1.82) is 0 Å². The highest BCUT2D eigenvalue weighted by molar-refractivity contribution is 5.71. The second-order valence-corrected chi connectivity index (χ2v) is 10.0. The molecule has 2 bridgehead atoms. The second-order valence-electron chi connectivity index (χ2n) is 10.0. The van der Waals surface area contributed by atoms with Gasteiger partial charge in [0.1, 0.15) is 18.9 Å². The zero-order valence-corrected chi connectivity index (χ0v) is 17.9. The number of hydrogen-bond donors (Lipinski definition) is 1. The summed E-state index contributed by atoms with van der Waals surface area (Å²) in [5.41, 5.74) is 0.696. The third kappa shape index (κ3) is 3.92. The van der Waals surface area contributed by atoms with Crippen molar-refractivity contribution >= 4 is 5.97 Å². The van der Waals surface area contributed by atoms with E-state index in [4.69, 9.17) is 14.5 Å². The lowest BCUT2D eigenvalue weighted by Crippen LogP contribution is -2.46. The number of fused-ring (bicyclic) bond motifs is 1. The first-order chi connectivity index (χ1) is 12.8. The van der Waals surface area contributed by atoms with E-state index in [0.29, 0.717) is 36.6 Å². The van der Waals surface area contributed by atoms with Gasteiger partial charge in [-0.25, -0.2) is 9.78 Å². The van der Waals surface area contributed by atoms with E-state index in [9.17, 15) is 4.79 Å². The fourth-order valence-electron chi connectivity index (χ4n) is 6.44. The first-order valence-corrected chi connectivity index (χ1v) is 10.9. The lowest BCUT2D eigenvalue weighted by atomic mass is 9.66. The Balaban J connectivity index is 1.40. The Hall–Kier alpha value is -0.650. The fourth-order valence-corrected chi connectivity index (χ4v) is 6.44. The van der Waals surface area contributed by atoms with Gasteiger partial charge < -0.3 is 4.74 Å². The topological polar surface area (TPSA) is 56.8 Å². The molecule has 3 saturated carbocycles. The third-order valence-electron chi connectivity index (χ3n) is 8.12. The molecule has 0 radical (unpaired) electrons. The first kappa shape index (κ1) is 21.1. The van der Waals surface area contributed by atoms with Crippen LogP contribution in [0, 0.1) is 28.6 Å². The van der Waals surface area contributed by atoms with E-state index in [1.807, 2.05) is 13.8 Å². The van der Waals surface area contributed by atoms with Gasteiger partial charge in [0.25, 0.3) is 0 Å². The summed E-state index contributed by atoms with van der Waals surface area (Å²) in [5, 5.41) is 3.13. The summed E-state index contributed by atoms with van der Waals surface area (Å²) in [6.07, 6.45) is 8.66. The minimum absolute atomic E-state index is 0.0339. The molecule has 0 saturated heterocycles. The Bertz CT molecular complexity index is 536. The van der Waals surface area contributed by atoms with E-state index in [2.05, 4.69) is 26.1 Å². The molecular formula is C22H39NO4. The van der Waals surface area contributed by atoms with Gasteiger partial charge in [0.05, 0.1) is 5.92 Å². The molecular weight excluding hydrogens is 342 g/mol. The van der Waals surface area contributed by atoms with Crippen molar-refractivity contribution in [3.8, 4) is 0 Å². The molecule has 5 unspecified atom stereocenters. The first-order valence-electron chi connectivity index (χ1n) is 10.9. The van der Waals surface area contributed by atoms with E-state index < -0.39 is 0 Å². The highest BCUT2D eigenvalue weighted by Gasteiger charge is 2.66. The van der Waals surface area contributed by atoms with Crippen LogP contribution in [0.5, 0.6) is 0 Å². The number of esters is 1. The van der Waals surface area contributed by atoms with E-state index in [1.165, 1.54) is 32.1 Å². The molecule has 0 aromatic carbocycles. The average Bonchev–Trinajstić information content (AvgIpc) is 3.13. The summed E-state index contributed by atoms with van der Waals surface area (Å²) in [5.74, 6) is 1.24. The second kappa shape index (κ2) is 8.00. The summed E-state index contributed by atoms with van der Waals surface area (Å²) in [7, 11) is 0. The fraction of sp³-hybridized carbons (Fsp3) is 0.955. The van der Waals surface area contributed by atoms with Crippen LogP contribution in [0.1, 0.15) is 79.6 Å². The van der Waals surface area contributed by atoms with Crippen LogP contribution in [0.2, 0.25) is 0 Å². The highest BCUT2D eigenvalue weighted by atomic mass is 17.2. The van der Waals surface area contributed by atoms with Crippen molar-refractivity contribution in [2.75, 3.05) is 19.9 Å². The van der Waals surface area contributed by atoms with E-state index in [0.717, 1.165) is 18.8 Å². The lowest BCUT2D eigenvalue weighted by molar-refractivity contribution is -0.381. The standard InChI is InChI=1S/C22H39NO4/c1-6-16(2)19(24)25-13-12-23-15-26-27-21(5)10-11-22-9-7-8-17(22)20(3,4)18(21)14-22/h16-18,23H,6-15H2,1-5H3. The molecule has 5 atom stereocenters. The van der Waals surface area contributed by atoms with Crippen LogP contribution < -0.4 is 5.32 Å². The average molecular weight is 382 g/mol. The Morgan fingerprint density at radius 1 is 1.19 bits per heavy atom. The summed E-state index contributed by atoms with van der Waals surface area (Å²) in [4.78, 5) is 23.2. The molecule has 0 aromatic heterocycles. The Morgan fingerprint density at radius 3 is 2.70 bits per heavy atom. The molecule has 3 rings (SSSR count). The van der Waals surface area contributed by atoms with Gasteiger partial charge in [0.2, 0.25) is 0 Å². The molecule has 0 heterocycles. The van der Waals surface area contributed by atoms with Gasteiger partial charge in [0, 0.05) is 6.54 Å². The lowest BCUT2D eigenvalue weighted by Gasteiger charge is -2.44. The number of ether oxygens (including phenoxy) is 1. The summed E-state index contributed by atoms with van der Waals surface area (Å²) < 4.78 is 5.22. The van der Waals surface area contributed by atoms with Crippen LogP contribution in [0.25, 0.3) is 0 Å². The van der Waals surface area contributed by atoms with Gasteiger partial charge in [-0.3, -0.25) is 10.1 Å². The minimum atomic E-state index is -0.205. The molecule has 3 aliphatic carbocycles. The van der Waals surface area contributed by atoms with Crippen molar-refractivity contribution in [1.82, 2.24) is 5.32 Å². The summed E-state index contributed by atoms with van der Waals surface area (Å²) in [6, 6.07) is 0. The van der Waals surface area contributed by atoms with Gasteiger partial charge in [-0.15, -0.1) is 0 Å². The third-order valence-corrected chi connectivity index (χ3v) is 8.12. The molecule has 1 spiro atoms. The van der Waals surface area contributed by atoms with Crippen molar-refractivity contribution in [3.05, 3.63) is 0 Å². The van der Waals surface area contributed by atoms with Crippen molar-refractivity contribution in [2.45, 2.75) is 85.2 Å². The maximum absolute atomic E-state index is 11.6. The molecule has 5 nitrogen and oxygen atoms in total. The molecule has 0 amide bonds. The predicted octanol–water partition coefficient (Wildman–Crippen LogP) is 4.46. The largest absolute Gasteiger partial charge is 0.464 e. The van der Waals surface area contributed by atoms with Crippen LogP contribution in [0.3, 0.4) is 0 Å². The van der Waals surface area contributed by atoms with Crippen molar-refractivity contribution in [2.24, 2.45) is 28.6 Å². The van der Waals surface area contributed by atoms with Crippen LogP contribution in [0.15, 0.2) is 0 Å². The van der Waals surface area contributed by atoms with Crippen molar-refractivity contribution in [3.63, 3.8) is 0 Å². The molecule has 0 aromatic rings. The molecule has 3 aliphatic rings. The maximum atomic E-state index is 11.6. The highest BCUT2D eigenvalue weighted by Crippen LogP contribution is 2.72. The van der Waals surface area contributed by atoms with Crippen LogP contribution in [-0.2, 0) is 19.3 Å². The molecule has 1 N–H and O–H groups in total. The van der Waals surface area contributed by atoms with Crippen molar-refractivity contribution < 1.29 is 19.3 Å². The van der Waals surface area contributed by atoms with E-state index in [1.54, 1.807) is 0 Å². The predicted molar refractivity (Wildman–Crippen MR) is 105 cm³/mol. The quantitative estimate of drug-likeness (QED) is 0.210. The molecule has 0 aliphatic heterocycles. The van der Waals surface area contributed by atoms with Gasteiger partial charge in [-0.1, -0.05) is 34.1 Å². The Labute approximate surface area is 164 Å². The van der Waals surface area contributed by atoms with Gasteiger partial charge in [0.15, 0.2) is 0 Å². The van der Waals surface area contributed by atoms with Crippen LogP contribution >= 0.6 is 0 Å². The van der Waals surface area contributed by atoms with E-state index >= 15 is 0 Å². The van der Waals surface area contributed by atoms with Gasteiger partial charge in [-0.05, 0) is 68.1 Å².